The summed E-state index contributed by atoms with van der Waals surface area (Å²) in [6.45, 7) is 4.49. The van der Waals surface area contributed by atoms with Crippen molar-refractivity contribution in [3.05, 3.63) is 69.5 Å². The molecule has 0 radical (unpaired) electrons. The largest absolute Gasteiger partial charge is 0.326 e. The Hall–Kier alpha value is -3.03. The first kappa shape index (κ1) is 20.6. The number of amides is 1. The van der Waals surface area contributed by atoms with Gasteiger partial charge < -0.3 is 10.3 Å². The Kier molecular flexibility index (Phi) is 4.85. The summed E-state index contributed by atoms with van der Waals surface area (Å²) in [6.07, 6.45) is 2.96. The lowest BCUT2D eigenvalue weighted by molar-refractivity contribution is -0.118. The van der Waals surface area contributed by atoms with Crippen molar-refractivity contribution in [3.8, 4) is 0 Å². The topological polar surface area (TPSA) is 78.1 Å². The molecule has 2 N–H and O–H groups in total. The van der Waals surface area contributed by atoms with Crippen molar-refractivity contribution in [2.45, 2.75) is 32.7 Å². The van der Waals surface area contributed by atoms with Crippen molar-refractivity contribution in [2.75, 3.05) is 18.4 Å². The van der Waals surface area contributed by atoms with Crippen LogP contribution in [0, 0.1) is 18.3 Å². The maximum Gasteiger partial charge on any atom is 0.252 e. The molecule has 1 amide bonds. The summed E-state index contributed by atoms with van der Waals surface area (Å²) in [4.78, 5) is 35.3. The van der Waals surface area contributed by atoms with Crippen LogP contribution in [0.3, 0.4) is 0 Å². The lowest BCUT2D eigenvalue weighted by Crippen LogP contribution is -2.37. The molecule has 6 nitrogen and oxygen atoms in total. The summed E-state index contributed by atoms with van der Waals surface area (Å²) in [5.41, 5.74) is 3.57. The number of hydrogen-bond acceptors (Lipinski definition) is 5. The molecule has 3 heterocycles. The second-order valence-electron chi connectivity index (χ2n) is 9.51. The first-order chi connectivity index (χ1) is 16.0. The molecule has 2 aromatic carbocycles. The first-order valence-corrected chi connectivity index (χ1v) is 12.3. The molecule has 1 aliphatic heterocycles. The van der Waals surface area contributed by atoms with E-state index < -0.39 is 0 Å². The fourth-order valence-corrected chi connectivity index (χ4v) is 6.14. The quantitative estimate of drug-likeness (QED) is 0.465. The summed E-state index contributed by atoms with van der Waals surface area (Å²) in [5, 5.41) is 5.21. The van der Waals surface area contributed by atoms with E-state index >= 15 is 0 Å². The van der Waals surface area contributed by atoms with Gasteiger partial charge in [-0.05, 0) is 80.4 Å². The van der Waals surface area contributed by atoms with Gasteiger partial charge in [-0.25, -0.2) is 4.98 Å². The molecule has 4 aromatic rings. The number of hydrogen-bond donors (Lipinski definition) is 2. The lowest BCUT2D eigenvalue weighted by atomic mass is 9.90. The van der Waals surface area contributed by atoms with Crippen LogP contribution in [0.5, 0.6) is 0 Å². The van der Waals surface area contributed by atoms with Crippen LogP contribution in [0.1, 0.15) is 29.8 Å². The number of carbonyl (C=O) groups is 1. The van der Waals surface area contributed by atoms with Gasteiger partial charge in [0, 0.05) is 29.2 Å². The Morgan fingerprint density at radius 2 is 2.03 bits per heavy atom. The number of nitrogens with zero attached hydrogens (tertiary/aromatic N) is 2. The van der Waals surface area contributed by atoms with Gasteiger partial charge >= 0.3 is 0 Å². The molecule has 6 rings (SSSR count). The second kappa shape index (κ2) is 7.78. The molecule has 1 saturated heterocycles. The van der Waals surface area contributed by atoms with Gasteiger partial charge in [-0.15, -0.1) is 11.3 Å². The minimum absolute atomic E-state index is 0.00932. The van der Waals surface area contributed by atoms with Gasteiger partial charge in [-0.2, -0.15) is 0 Å². The zero-order valence-corrected chi connectivity index (χ0v) is 19.4. The molecule has 168 valence electrons. The van der Waals surface area contributed by atoms with E-state index in [1.54, 1.807) is 11.3 Å². The maximum absolute atomic E-state index is 12.9. The number of benzene rings is 2. The van der Waals surface area contributed by atoms with Gasteiger partial charge in [0.25, 0.3) is 5.56 Å². The van der Waals surface area contributed by atoms with E-state index in [-0.39, 0.29) is 22.8 Å². The molecule has 1 saturated carbocycles. The summed E-state index contributed by atoms with van der Waals surface area (Å²) < 4.78 is 1.14. The van der Waals surface area contributed by atoms with Crippen LogP contribution in [-0.4, -0.2) is 33.9 Å². The van der Waals surface area contributed by atoms with Crippen molar-refractivity contribution in [3.63, 3.8) is 0 Å². The van der Waals surface area contributed by atoms with E-state index in [1.165, 1.54) is 0 Å². The fraction of sp³-hybridized carbons (Fsp3) is 0.346. The van der Waals surface area contributed by atoms with Crippen LogP contribution >= 0.6 is 11.3 Å². The number of carbonyl (C=O) groups excluding carboxylic acids is 1. The molecule has 2 aliphatic rings. The smallest absolute Gasteiger partial charge is 0.252 e. The van der Waals surface area contributed by atoms with Crippen LogP contribution in [0.25, 0.3) is 21.1 Å². The van der Waals surface area contributed by atoms with Crippen molar-refractivity contribution >= 4 is 44.1 Å². The molecule has 2 aromatic heterocycles. The highest BCUT2D eigenvalue weighted by Gasteiger charge is 2.58. The van der Waals surface area contributed by atoms with Crippen LogP contribution in [0.2, 0.25) is 0 Å². The van der Waals surface area contributed by atoms with E-state index in [1.807, 2.05) is 55.5 Å². The molecule has 1 spiro atoms. The number of aromatic nitrogens is 2. The summed E-state index contributed by atoms with van der Waals surface area (Å²) in [5.74, 6) is 0.206. The number of aromatic amines is 1. The van der Waals surface area contributed by atoms with E-state index in [9.17, 15) is 9.59 Å². The minimum atomic E-state index is -0.00932. The van der Waals surface area contributed by atoms with Gasteiger partial charge in [-0.3, -0.25) is 14.5 Å². The molecule has 7 heteroatoms. The zero-order valence-electron chi connectivity index (χ0n) is 18.6. The molecular formula is C26H26N4O2S. The minimum Gasteiger partial charge on any atom is -0.326 e. The monoisotopic (exact) mass is 458 g/mol. The number of nitrogens with one attached hydrogen (secondary N) is 2. The van der Waals surface area contributed by atoms with Crippen molar-refractivity contribution in [1.82, 2.24) is 14.9 Å². The fourth-order valence-electron chi connectivity index (χ4n) is 5.33. The second-order valence-corrected chi connectivity index (χ2v) is 10.7. The molecule has 1 atom stereocenters. The van der Waals surface area contributed by atoms with Gasteiger partial charge in [0.15, 0.2) is 0 Å². The third-order valence-corrected chi connectivity index (χ3v) is 8.30. The van der Waals surface area contributed by atoms with Crippen LogP contribution in [-0.2, 0) is 11.3 Å². The number of para-hydroxylation sites is 1. The molecule has 1 unspecified atom stereocenters. The molecule has 33 heavy (non-hydrogen) atoms. The highest BCUT2D eigenvalue weighted by atomic mass is 32.1. The van der Waals surface area contributed by atoms with Crippen molar-refractivity contribution < 1.29 is 4.79 Å². The normalized spacial score (nSPS) is 19.8. The van der Waals surface area contributed by atoms with E-state index in [4.69, 9.17) is 0 Å². The maximum atomic E-state index is 12.9. The average molecular weight is 459 g/mol. The highest BCUT2D eigenvalue weighted by Crippen LogP contribution is 2.59. The Balaban J connectivity index is 1.08. The molecule has 0 bridgehead atoms. The Bertz CT molecular complexity index is 1430. The Morgan fingerprint density at radius 1 is 1.21 bits per heavy atom. The van der Waals surface area contributed by atoms with Crippen LogP contribution < -0.4 is 10.9 Å². The summed E-state index contributed by atoms with van der Waals surface area (Å²) in [6, 6.07) is 15.9. The average Bonchev–Trinajstić information content (AvgIpc) is 3.38. The van der Waals surface area contributed by atoms with Gasteiger partial charge in [-0.1, -0.05) is 18.2 Å². The first-order valence-electron chi connectivity index (χ1n) is 11.5. The number of rotatable bonds is 4. The predicted molar refractivity (Wildman–Crippen MR) is 133 cm³/mol. The van der Waals surface area contributed by atoms with Crippen molar-refractivity contribution in [2.24, 2.45) is 11.3 Å². The number of pyridine rings is 1. The third-order valence-electron chi connectivity index (χ3n) is 7.34. The number of H-pyrrole nitrogens is 1. The van der Waals surface area contributed by atoms with Crippen LogP contribution in [0.4, 0.5) is 5.69 Å². The summed E-state index contributed by atoms with van der Waals surface area (Å²) >= 11 is 1.67. The van der Waals surface area contributed by atoms with E-state index in [2.05, 4.69) is 20.2 Å². The number of thiazole rings is 1. The van der Waals surface area contributed by atoms with E-state index in [0.717, 1.165) is 69.7 Å². The third kappa shape index (κ3) is 3.85. The number of fused-ring (bicyclic) bond motifs is 2. The van der Waals surface area contributed by atoms with Crippen molar-refractivity contribution in [1.29, 1.82) is 0 Å². The number of aryl methyl sites for hydroxylation is 1. The SMILES string of the molecule is Cc1nc2cc(NC(=O)C3CC34CCN(Cc3cc5ccccc5[nH]c3=O)CC4)ccc2s1. The standard InChI is InChI=1S/C26H26N4O2S/c1-16-27-22-13-19(6-7-23(22)33-16)28-25(32)20-14-26(20)8-10-30(11-9-26)15-18-12-17-4-2-3-5-21(17)29-24(18)31/h2-7,12-13,20H,8-11,14-15H2,1H3,(H,28,32)(H,29,31). The number of piperidine rings is 1. The number of likely N-dealkylation sites (tertiary alicyclic amines) is 1. The highest BCUT2D eigenvalue weighted by molar-refractivity contribution is 7.18. The lowest BCUT2D eigenvalue weighted by Gasteiger charge is -2.32. The Morgan fingerprint density at radius 3 is 2.88 bits per heavy atom. The Labute approximate surface area is 195 Å². The zero-order chi connectivity index (χ0) is 22.6. The number of anilines is 1. The molecule has 2 fully saturated rings. The molecular weight excluding hydrogens is 432 g/mol. The van der Waals surface area contributed by atoms with Crippen LogP contribution in [0.15, 0.2) is 53.3 Å². The summed E-state index contributed by atoms with van der Waals surface area (Å²) in [7, 11) is 0. The van der Waals surface area contributed by atoms with Gasteiger partial charge in [0.05, 0.1) is 15.2 Å². The predicted octanol–water partition coefficient (Wildman–Crippen LogP) is 4.69. The van der Waals surface area contributed by atoms with E-state index in [0.29, 0.717) is 6.54 Å². The van der Waals surface area contributed by atoms with Gasteiger partial charge in [0.2, 0.25) is 5.91 Å². The molecule has 1 aliphatic carbocycles. The van der Waals surface area contributed by atoms with Gasteiger partial charge in [0.1, 0.15) is 0 Å².